The molecule has 0 atom stereocenters. The van der Waals surface area contributed by atoms with Gasteiger partial charge in [-0.1, -0.05) is 30.3 Å². The molecule has 206 valence electrons. The highest BCUT2D eigenvalue weighted by Crippen LogP contribution is 2.34. The zero-order chi connectivity index (χ0) is 28.6. The van der Waals surface area contributed by atoms with Gasteiger partial charge in [0.15, 0.2) is 24.7 Å². The fourth-order valence-corrected chi connectivity index (χ4v) is 3.68. The van der Waals surface area contributed by atoms with E-state index in [1.54, 1.807) is 24.3 Å². The van der Waals surface area contributed by atoms with Crippen molar-refractivity contribution < 1.29 is 41.8 Å². The molecule has 0 aromatic heterocycles. The number of nitrogens with one attached hydrogen (secondary N) is 1. The lowest BCUT2D eigenvalue weighted by atomic mass is 10.1. The van der Waals surface area contributed by atoms with Crippen LogP contribution in [0, 0.1) is 0 Å². The molecule has 0 bridgehead atoms. The summed E-state index contributed by atoms with van der Waals surface area (Å²) in [6.45, 7) is 2.56. The van der Waals surface area contributed by atoms with Gasteiger partial charge in [0.2, 0.25) is 0 Å². The number of benzene rings is 3. The number of alkyl halides is 3. The van der Waals surface area contributed by atoms with Gasteiger partial charge in [-0.25, -0.2) is 4.79 Å². The lowest BCUT2D eigenvalue weighted by Gasteiger charge is -2.26. The van der Waals surface area contributed by atoms with Gasteiger partial charge >= 0.3 is 12.1 Å². The van der Waals surface area contributed by atoms with E-state index >= 15 is 0 Å². The van der Waals surface area contributed by atoms with Crippen LogP contribution in [0.15, 0.2) is 72.8 Å². The molecular weight excluding hydrogens is 517 g/mol. The number of esters is 1. The van der Waals surface area contributed by atoms with Crippen LogP contribution >= 0.6 is 0 Å². The smallest absolute Gasteiger partial charge is 0.418 e. The molecule has 0 radical (unpaired) electrons. The van der Waals surface area contributed by atoms with Crippen LogP contribution in [0.4, 0.5) is 24.5 Å². The van der Waals surface area contributed by atoms with Crippen LogP contribution in [-0.2, 0) is 20.5 Å². The predicted octanol–water partition coefficient (Wildman–Crippen LogP) is 5.33. The zero-order valence-corrected chi connectivity index (χ0v) is 21.5. The van der Waals surface area contributed by atoms with Gasteiger partial charge in [-0.05, 0) is 56.3 Å². The molecule has 2 amide bonds. The first kappa shape index (κ1) is 29.0. The van der Waals surface area contributed by atoms with E-state index in [0.717, 1.165) is 12.1 Å². The van der Waals surface area contributed by atoms with E-state index in [4.69, 9.17) is 14.2 Å². The molecule has 0 aliphatic heterocycles. The van der Waals surface area contributed by atoms with Crippen molar-refractivity contribution in [2.75, 3.05) is 30.5 Å². The Morgan fingerprint density at radius 1 is 0.897 bits per heavy atom. The van der Waals surface area contributed by atoms with Crippen molar-refractivity contribution in [1.82, 2.24) is 0 Å². The van der Waals surface area contributed by atoms with E-state index in [1.807, 2.05) is 19.9 Å². The Morgan fingerprint density at radius 3 is 2.21 bits per heavy atom. The molecule has 11 heteroatoms. The van der Waals surface area contributed by atoms with Crippen molar-refractivity contribution in [3.8, 4) is 11.5 Å². The molecule has 0 saturated carbocycles. The lowest BCUT2D eigenvalue weighted by molar-refractivity contribution is -0.137. The maximum absolute atomic E-state index is 13.1. The predicted molar refractivity (Wildman–Crippen MR) is 138 cm³/mol. The van der Waals surface area contributed by atoms with E-state index in [2.05, 4.69) is 5.32 Å². The number of amides is 2. The van der Waals surface area contributed by atoms with E-state index < -0.39 is 48.4 Å². The maximum Gasteiger partial charge on any atom is 0.418 e. The SMILES string of the molecule is COc1cc(C(=O)OCC(=O)N(c2ccccc2)C(C)C)ccc1OCC(=O)Nc1ccccc1C(F)(F)F. The first-order valence-electron chi connectivity index (χ1n) is 11.8. The maximum atomic E-state index is 13.1. The number of nitrogens with zero attached hydrogens (tertiary/aromatic N) is 1. The van der Waals surface area contributed by atoms with Crippen LogP contribution in [0.2, 0.25) is 0 Å². The standard InChI is InChI=1S/C28H27F3N2O6/c1-18(2)33(20-9-5-4-6-10-20)26(35)17-39-27(36)19-13-14-23(24(15-19)37-3)38-16-25(34)32-22-12-8-7-11-21(22)28(29,30)31/h4-15,18H,16-17H2,1-3H3,(H,32,34). The molecule has 8 nitrogen and oxygen atoms in total. The molecule has 3 rings (SSSR count). The largest absolute Gasteiger partial charge is 0.493 e. The quantitative estimate of drug-likeness (QED) is 0.347. The average molecular weight is 545 g/mol. The third kappa shape index (κ3) is 7.73. The van der Waals surface area contributed by atoms with E-state index in [1.165, 1.54) is 42.3 Å². The second-order valence-corrected chi connectivity index (χ2v) is 8.52. The van der Waals surface area contributed by atoms with Crippen LogP contribution in [0.5, 0.6) is 11.5 Å². The number of carbonyl (C=O) groups is 3. The summed E-state index contributed by atoms with van der Waals surface area (Å²) in [5.41, 5.74) is -0.659. The first-order valence-corrected chi connectivity index (χ1v) is 11.8. The fraction of sp³-hybridized carbons (Fsp3) is 0.250. The number of hydrogen-bond acceptors (Lipinski definition) is 6. The summed E-state index contributed by atoms with van der Waals surface area (Å²) >= 11 is 0. The van der Waals surface area contributed by atoms with Crippen molar-refractivity contribution in [1.29, 1.82) is 0 Å². The second kappa shape index (κ2) is 12.8. The van der Waals surface area contributed by atoms with Crippen molar-refractivity contribution in [2.45, 2.75) is 26.1 Å². The molecule has 1 N–H and O–H groups in total. The Labute approximate surface area is 223 Å². The molecule has 0 spiro atoms. The van der Waals surface area contributed by atoms with Gasteiger partial charge < -0.3 is 24.4 Å². The molecule has 0 fully saturated rings. The van der Waals surface area contributed by atoms with Gasteiger partial charge in [0.1, 0.15) is 0 Å². The van der Waals surface area contributed by atoms with Crippen LogP contribution < -0.4 is 19.7 Å². The molecule has 3 aromatic rings. The summed E-state index contributed by atoms with van der Waals surface area (Å²) < 4.78 is 55.2. The Balaban J connectivity index is 1.61. The number of carbonyl (C=O) groups excluding carboxylic acids is 3. The minimum Gasteiger partial charge on any atom is -0.493 e. The van der Waals surface area contributed by atoms with Gasteiger partial charge in [-0.2, -0.15) is 13.2 Å². The Bertz CT molecular complexity index is 1310. The van der Waals surface area contributed by atoms with Crippen molar-refractivity contribution in [2.24, 2.45) is 0 Å². The number of methoxy groups -OCH3 is 1. The van der Waals surface area contributed by atoms with Gasteiger partial charge in [0.05, 0.1) is 23.9 Å². The van der Waals surface area contributed by atoms with Gasteiger partial charge in [0, 0.05) is 11.7 Å². The van der Waals surface area contributed by atoms with Crippen LogP contribution in [0.1, 0.15) is 29.8 Å². The third-order valence-corrected chi connectivity index (χ3v) is 5.41. The molecule has 39 heavy (non-hydrogen) atoms. The Morgan fingerprint density at radius 2 is 1.56 bits per heavy atom. The number of hydrogen-bond donors (Lipinski definition) is 1. The number of anilines is 2. The Kier molecular flexibility index (Phi) is 9.53. The second-order valence-electron chi connectivity index (χ2n) is 8.52. The highest BCUT2D eigenvalue weighted by atomic mass is 19.4. The lowest BCUT2D eigenvalue weighted by Crippen LogP contribution is -2.39. The van der Waals surface area contributed by atoms with E-state index in [0.29, 0.717) is 5.69 Å². The summed E-state index contributed by atoms with van der Waals surface area (Å²) in [7, 11) is 1.31. The molecule has 0 aliphatic carbocycles. The minimum absolute atomic E-state index is 0.0614. The zero-order valence-electron chi connectivity index (χ0n) is 21.5. The van der Waals surface area contributed by atoms with E-state index in [9.17, 15) is 27.6 Å². The number of rotatable bonds is 10. The third-order valence-electron chi connectivity index (χ3n) is 5.41. The molecule has 0 saturated heterocycles. The van der Waals surface area contributed by atoms with Crippen LogP contribution in [0.3, 0.4) is 0 Å². The monoisotopic (exact) mass is 544 g/mol. The van der Waals surface area contributed by atoms with Crippen molar-refractivity contribution in [3.05, 3.63) is 83.9 Å². The number of halogens is 3. The normalized spacial score (nSPS) is 11.1. The van der Waals surface area contributed by atoms with Crippen LogP contribution in [0.25, 0.3) is 0 Å². The van der Waals surface area contributed by atoms with Gasteiger partial charge in [0.25, 0.3) is 11.8 Å². The molecule has 3 aromatic carbocycles. The molecule has 0 unspecified atom stereocenters. The molecular formula is C28H27F3N2O6. The number of para-hydroxylation sites is 2. The summed E-state index contributed by atoms with van der Waals surface area (Å²) in [6, 6.07) is 17.4. The topological polar surface area (TPSA) is 94.2 Å². The van der Waals surface area contributed by atoms with Gasteiger partial charge in [-0.15, -0.1) is 0 Å². The average Bonchev–Trinajstić information content (AvgIpc) is 2.90. The summed E-state index contributed by atoms with van der Waals surface area (Å²) in [6.07, 6.45) is -4.64. The van der Waals surface area contributed by atoms with E-state index in [-0.39, 0.29) is 23.1 Å². The summed E-state index contributed by atoms with van der Waals surface area (Å²) in [5.74, 6) is -1.88. The molecule has 0 aliphatic rings. The summed E-state index contributed by atoms with van der Waals surface area (Å²) in [4.78, 5) is 39.1. The van der Waals surface area contributed by atoms with Crippen molar-refractivity contribution in [3.63, 3.8) is 0 Å². The summed E-state index contributed by atoms with van der Waals surface area (Å²) in [5, 5.41) is 2.18. The van der Waals surface area contributed by atoms with Crippen molar-refractivity contribution >= 4 is 29.2 Å². The minimum atomic E-state index is -4.64. The fourth-order valence-electron chi connectivity index (χ4n) is 3.68. The highest BCUT2D eigenvalue weighted by molar-refractivity contribution is 5.97. The van der Waals surface area contributed by atoms with Gasteiger partial charge in [-0.3, -0.25) is 9.59 Å². The first-order chi connectivity index (χ1) is 18.5. The Hall–Kier alpha value is -4.54. The molecule has 0 heterocycles. The highest BCUT2D eigenvalue weighted by Gasteiger charge is 2.33. The van der Waals surface area contributed by atoms with Crippen LogP contribution in [-0.4, -0.2) is 44.1 Å². The number of ether oxygens (including phenoxy) is 3.